The van der Waals surface area contributed by atoms with Crippen LogP contribution in [0.1, 0.15) is 17.3 Å². The van der Waals surface area contributed by atoms with Gasteiger partial charge in [0.2, 0.25) is 11.1 Å². The van der Waals surface area contributed by atoms with E-state index in [4.69, 9.17) is 14.2 Å². The molecular formula is C20H19N5O5S. The summed E-state index contributed by atoms with van der Waals surface area (Å²) < 4.78 is 17.6. The Hall–Kier alpha value is -3.60. The zero-order valence-electron chi connectivity index (χ0n) is 16.6. The molecular weight excluding hydrogens is 422 g/mol. The maximum absolute atomic E-state index is 12.4. The van der Waals surface area contributed by atoms with Gasteiger partial charge in [-0.25, -0.2) is 4.79 Å². The number of fused-ring (bicyclic) bond motifs is 1. The monoisotopic (exact) mass is 441 g/mol. The lowest BCUT2D eigenvalue weighted by Crippen LogP contribution is -2.16. The minimum absolute atomic E-state index is 0.0779. The summed E-state index contributed by atoms with van der Waals surface area (Å²) in [5, 5.41) is 14.9. The number of hydrogen-bond donors (Lipinski definition) is 1. The first kappa shape index (κ1) is 20.7. The largest absolute Gasteiger partial charge is 0.486 e. The minimum atomic E-state index is -0.438. The highest BCUT2D eigenvalue weighted by atomic mass is 32.2. The van der Waals surface area contributed by atoms with E-state index in [0.29, 0.717) is 46.8 Å². The van der Waals surface area contributed by atoms with Crippen LogP contribution < -0.4 is 14.8 Å². The Morgan fingerprint density at radius 2 is 2.00 bits per heavy atom. The molecule has 0 bridgehead atoms. The topological polar surface area (TPSA) is 117 Å². The Bertz CT molecular complexity index is 1100. The van der Waals surface area contributed by atoms with Crippen molar-refractivity contribution < 1.29 is 23.8 Å². The number of amides is 1. The molecule has 2 aromatic carbocycles. The van der Waals surface area contributed by atoms with Crippen molar-refractivity contribution in [1.82, 2.24) is 20.2 Å². The van der Waals surface area contributed by atoms with E-state index in [1.165, 1.54) is 16.4 Å². The summed E-state index contributed by atoms with van der Waals surface area (Å²) in [6.45, 7) is 3.00. The number of ether oxygens (including phenoxy) is 3. The number of nitrogens with one attached hydrogen (secondary N) is 1. The first-order chi connectivity index (χ1) is 15.1. The molecule has 0 unspecified atom stereocenters. The summed E-state index contributed by atoms with van der Waals surface area (Å²) in [5.74, 6) is 0.666. The molecule has 0 fully saturated rings. The molecule has 2 heterocycles. The van der Waals surface area contributed by atoms with Crippen molar-refractivity contribution in [1.29, 1.82) is 0 Å². The van der Waals surface area contributed by atoms with E-state index in [1.807, 2.05) is 6.07 Å². The Balaban J connectivity index is 1.40. The summed E-state index contributed by atoms with van der Waals surface area (Å²) in [6, 6.07) is 12.0. The third-order valence-corrected chi connectivity index (χ3v) is 5.12. The summed E-state index contributed by atoms with van der Waals surface area (Å²) in [6.07, 6.45) is 0. The first-order valence-corrected chi connectivity index (χ1v) is 10.5. The van der Waals surface area contributed by atoms with Crippen LogP contribution in [-0.2, 0) is 9.53 Å². The molecule has 11 heteroatoms. The molecule has 3 aromatic rings. The lowest BCUT2D eigenvalue weighted by Gasteiger charge is -2.18. The van der Waals surface area contributed by atoms with Gasteiger partial charge in [-0.1, -0.05) is 17.8 Å². The smallest absolute Gasteiger partial charge is 0.338 e. The van der Waals surface area contributed by atoms with Crippen molar-refractivity contribution in [3.05, 3.63) is 48.0 Å². The third kappa shape index (κ3) is 4.94. The molecule has 1 aliphatic heterocycles. The van der Waals surface area contributed by atoms with Gasteiger partial charge in [-0.2, -0.15) is 4.68 Å². The summed E-state index contributed by atoms with van der Waals surface area (Å²) in [4.78, 5) is 24.2. The number of nitrogens with zero attached hydrogens (tertiary/aromatic N) is 4. The normalized spacial score (nSPS) is 12.3. The standard InChI is InChI=1S/C20H19N5O5S/c1-2-28-19(27)13-4-3-5-14(10-13)21-18(26)12-31-20-22-23-24-25(20)15-6-7-16-17(11-15)30-9-8-29-16/h3-7,10-11H,2,8-9,12H2,1H3,(H,21,26). The zero-order chi connectivity index (χ0) is 21.6. The van der Waals surface area contributed by atoms with Gasteiger partial charge in [-0.05, 0) is 47.7 Å². The molecule has 0 radical (unpaired) electrons. The predicted molar refractivity (Wildman–Crippen MR) is 112 cm³/mol. The molecule has 1 N–H and O–H groups in total. The van der Waals surface area contributed by atoms with Gasteiger partial charge in [0.15, 0.2) is 11.5 Å². The number of thioether (sulfide) groups is 1. The minimum Gasteiger partial charge on any atom is -0.486 e. The van der Waals surface area contributed by atoms with Crippen LogP contribution >= 0.6 is 11.8 Å². The predicted octanol–water partition coefficient (Wildman–Crippen LogP) is 2.34. The number of carbonyl (C=O) groups excluding carboxylic acids is 2. The Morgan fingerprint density at radius 1 is 1.16 bits per heavy atom. The number of tetrazole rings is 1. The number of esters is 1. The van der Waals surface area contributed by atoms with Gasteiger partial charge in [-0.3, -0.25) is 4.79 Å². The first-order valence-electron chi connectivity index (χ1n) is 9.52. The average Bonchev–Trinajstić information content (AvgIpc) is 3.26. The molecule has 1 aromatic heterocycles. The van der Waals surface area contributed by atoms with E-state index in [0.717, 1.165) is 0 Å². The maximum atomic E-state index is 12.4. The van der Waals surface area contributed by atoms with Crippen LogP contribution in [0.15, 0.2) is 47.6 Å². The highest BCUT2D eigenvalue weighted by molar-refractivity contribution is 7.99. The van der Waals surface area contributed by atoms with Crippen molar-refractivity contribution in [3.63, 3.8) is 0 Å². The van der Waals surface area contributed by atoms with E-state index < -0.39 is 5.97 Å². The molecule has 31 heavy (non-hydrogen) atoms. The number of aromatic nitrogens is 4. The van der Waals surface area contributed by atoms with E-state index in [-0.39, 0.29) is 18.3 Å². The molecule has 160 valence electrons. The van der Waals surface area contributed by atoms with Gasteiger partial charge >= 0.3 is 5.97 Å². The quantitative estimate of drug-likeness (QED) is 0.435. The Morgan fingerprint density at radius 3 is 2.84 bits per heavy atom. The second-order valence-corrected chi connectivity index (χ2v) is 7.28. The van der Waals surface area contributed by atoms with Crippen LogP contribution in [0, 0.1) is 0 Å². The summed E-state index contributed by atoms with van der Waals surface area (Å²) in [7, 11) is 0. The number of rotatable bonds is 7. The van der Waals surface area contributed by atoms with Crippen LogP contribution in [0.25, 0.3) is 5.69 Å². The summed E-state index contributed by atoms with van der Waals surface area (Å²) in [5.41, 5.74) is 1.57. The number of carbonyl (C=O) groups is 2. The highest BCUT2D eigenvalue weighted by Gasteiger charge is 2.16. The molecule has 4 rings (SSSR count). The Labute approximate surface area is 181 Å². The van der Waals surface area contributed by atoms with Gasteiger partial charge < -0.3 is 19.5 Å². The molecule has 1 aliphatic rings. The second-order valence-electron chi connectivity index (χ2n) is 6.34. The third-order valence-electron chi connectivity index (χ3n) is 4.20. The fourth-order valence-electron chi connectivity index (χ4n) is 2.86. The molecule has 0 atom stereocenters. The van der Waals surface area contributed by atoms with Crippen LogP contribution in [0.4, 0.5) is 5.69 Å². The van der Waals surface area contributed by atoms with Crippen LogP contribution in [0.2, 0.25) is 0 Å². The Kier molecular flexibility index (Phi) is 6.32. The molecule has 0 aliphatic carbocycles. The second kappa shape index (κ2) is 9.47. The molecule has 10 nitrogen and oxygen atoms in total. The van der Waals surface area contributed by atoms with E-state index in [9.17, 15) is 9.59 Å². The van der Waals surface area contributed by atoms with Crippen LogP contribution in [0.5, 0.6) is 11.5 Å². The lowest BCUT2D eigenvalue weighted by atomic mass is 10.2. The van der Waals surface area contributed by atoms with Gasteiger partial charge in [-0.15, -0.1) is 5.10 Å². The van der Waals surface area contributed by atoms with E-state index in [1.54, 1.807) is 43.3 Å². The fraction of sp³-hybridized carbons (Fsp3) is 0.250. The van der Waals surface area contributed by atoms with E-state index in [2.05, 4.69) is 20.8 Å². The maximum Gasteiger partial charge on any atom is 0.338 e. The van der Waals surface area contributed by atoms with Gasteiger partial charge in [0.25, 0.3) is 0 Å². The van der Waals surface area contributed by atoms with Gasteiger partial charge in [0, 0.05) is 11.8 Å². The van der Waals surface area contributed by atoms with Gasteiger partial charge in [0.05, 0.1) is 23.6 Å². The van der Waals surface area contributed by atoms with Crippen molar-refractivity contribution in [2.75, 3.05) is 30.9 Å². The fourth-order valence-corrected chi connectivity index (χ4v) is 3.55. The van der Waals surface area contributed by atoms with Crippen LogP contribution in [-0.4, -0.2) is 57.7 Å². The average molecular weight is 441 g/mol. The SMILES string of the molecule is CCOC(=O)c1cccc(NC(=O)CSc2nnnn2-c2ccc3c(c2)OCCO3)c1. The van der Waals surface area contributed by atoms with E-state index >= 15 is 0 Å². The van der Waals surface area contributed by atoms with Crippen molar-refractivity contribution in [3.8, 4) is 17.2 Å². The lowest BCUT2D eigenvalue weighted by molar-refractivity contribution is -0.113. The highest BCUT2D eigenvalue weighted by Crippen LogP contribution is 2.32. The van der Waals surface area contributed by atoms with Gasteiger partial charge in [0.1, 0.15) is 13.2 Å². The number of anilines is 1. The number of benzene rings is 2. The van der Waals surface area contributed by atoms with Crippen molar-refractivity contribution in [2.45, 2.75) is 12.1 Å². The molecule has 0 saturated carbocycles. The van der Waals surface area contributed by atoms with Crippen molar-refractivity contribution >= 4 is 29.3 Å². The van der Waals surface area contributed by atoms with Crippen molar-refractivity contribution in [2.24, 2.45) is 0 Å². The summed E-state index contributed by atoms with van der Waals surface area (Å²) >= 11 is 1.18. The number of hydrogen-bond acceptors (Lipinski definition) is 9. The molecule has 0 spiro atoms. The molecule has 0 saturated heterocycles. The van der Waals surface area contributed by atoms with Crippen LogP contribution in [0.3, 0.4) is 0 Å². The molecule has 1 amide bonds. The zero-order valence-corrected chi connectivity index (χ0v) is 17.4.